The number of hydrogen-bond acceptors (Lipinski definition) is 2. The van der Waals surface area contributed by atoms with Crippen LogP contribution in [0.5, 0.6) is 0 Å². The summed E-state index contributed by atoms with van der Waals surface area (Å²) in [5, 5.41) is 1.58. The number of aromatic amines is 1. The van der Waals surface area contributed by atoms with Gasteiger partial charge in [-0.25, -0.2) is 0 Å². The van der Waals surface area contributed by atoms with E-state index < -0.39 is 0 Å². The highest BCUT2D eigenvalue weighted by Crippen LogP contribution is 2.26. The third kappa shape index (κ3) is 4.38. The van der Waals surface area contributed by atoms with Crippen molar-refractivity contribution in [2.24, 2.45) is 0 Å². The minimum absolute atomic E-state index is 0.0445. The molecule has 0 radical (unpaired) electrons. The molecule has 5 heteroatoms. The number of benzene rings is 2. The smallest absolute Gasteiger partial charge is 0.254 e. The Morgan fingerprint density at radius 3 is 2.52 bits per heavy atom. The van der Waals surface area contributed by atoms with Gasteiger partial charge in [-0.2, -0.15) is 0 Å². The van der Waals surface area contributed by atoms with E-state index in [0.717, 1.165) is 42.1 Å². The maximum Gasteiger partial charge on any atom is 0.254 e. The Morgan fingerprint density at radius 2 is 1.79 bits per heavy atom. The second-order valence-corrected chi connectivity index (χ2v) is 8.38. The lowest BCUT2D eigenvalue weighted by molar-refractivity contribution is 0.0613. The summed E-state index contributed by atoms with van der Waals surface area (Å²) in [6, 6.07) is 15.1. The van der Waals surface area contributed by atoms with Crippen LogP contribution in [0.4, 0.5) is 0 Å². The Bertz CT molecular complexity index is 1080. The van der Waals surface area contributed by atoms with Crippen LogP contribution in [-0.4, -0.2) is 21.8 Å². The average Bonchev–Trinajstić information content (AvgIpc) is 2.73. The summed E-state index contributed by atoms with van der Waals surface area (Å²) in [5.41, 5.74) is 3.02. The van der Waals surface area contributed by atoms with Crippen molar-refractivity contribution >= 4 is 28.4 Å². The number of halogens is 1. The van der Waals surface area contributed by atoms with Crippen LogP contribution in [0.3, 0.4) is 0 Å². The van der Waals surface area contributed by atoms with E-state index in [2.05, 4.69) is 4.98 Å². The maximum absolute atomic E-state index is 13.3. The largest absolute Gasteiger partial charge is 0.331 e. The van der Waals surface area contributed by atoms with Gasteiger partial charge in [0.2, 0.25) is 0 Å². The van der Waals surface area contributed by atoms with E-state index in [1.54, 1.807) is 24.3 Å². The van der Waals surface area contributed by atoms with E-state index >= 15 is 0 Å². The molecule has 4 nitrogen and oxygen atoms in total. The third-order valence-corrected chi connectivity index (χ3v) is 6.04. The summed E-state index contributed by atoms with van der Waals surface area (Å²) < 4.78 is 0. The van der Waals surface area contributed by atoms with E-state index in [1.165, 1.54) is 6.42 Å². The van der Waals surface area contributed by atoms with Gasteiger partial charge < -0.3 is 9.88 Å². The first-order chi connectivity index (χ1) is 14.0. The van der Waals surface area contributed by atoms with Gasteiger partial charge in [-0.3, -0.25) is 9.59 Å². The topological polar surface area (TPSA) is 53.2 Å². The highest BCUT2D eigenvalue weighted by Gasteiger charge is 2.27. The van der Waals surface area contributed by atoms with Crippen molar-refractivity contribution in [1.82, 2.24) is 9.88 Å². The molecule has 1 N–H and O–H groups in total. The first-order valence-electron chi connectivity index (χ1n) is 10.2. The highest BCUT2D eigenvalue weighted by atomic mass is 35.5. The number of fused-ring (bicyclic) bond motifs is 1. The fourth-order valence-electron chi connectivity index (χ4n) is 4.18. The molecule has 1 heterocycles. The molecule has 1 amide bonds. The van der Waals surface area contributed by atoms with Crippen LogP contribution in [0, 0.1) is 6.92 Å². The molecule has 2 aromatic carbocycles. The molecule has 1 fully saturated rings. The number of aromatic nitrogens is 1. The number of nitrogens with one attached hydrogen (secondary N) is 1. The number of amides is 1. The molecule has 0 unspecified atom stereocenters. The lowest BCUT2D eigenvalue weighted by Gasteiger charge is -2.34. The van der Waals surface area contributed by atoms with Crippen molar-refractivity contribution in [2.75, 3.05) is 0 Å². The van der Waals surface area contributed by atoms with Gasteiger partial charge in [-0.1, -0.05) is 43.0 Å². The van der Waals surface area contributed by atoms with Gasteiger partial charge in [0.15, 0.2) is 0 Å². The number of carbonyl (C=O) groups is 1. The first kappa shape index (κ1) is 19.7. The summed E-state index contributed by atoms with van der Waals surface area (Å²) in [4.78, 5) is 31.0. The standard InChI is InChI=1S/C24H25ClN2O2/c1-16-7-8-18-14-19(23(28)26-22(18)13-16)15-27(21-5-3-2-4-6-21)24(29)17-9-11-20(25)12-10-17/h7-14,21H,2-6,15H2,1H3,(H,26,28). The van der Waals surface area contributed by atoms with E-state index in [-0.39, 0.29) is 17.5 Å². The Balaban J connectivity index is 1.69. The summed E-state index contributed by atoms with van der Waals surface area (Å²) in [5.74, 6) is -0.0445. The maximum atomic E-state index is 13.3. The predicted octanol–water partition coefficient (Wildman–Crippen LogP) is 5.47. The van der Waals surface area contributed by atoms with E-state index in [4.69, 9.17) is 11.6 Å². The predicted molar refractivity (Wildman–Crippen MR) is 118 cm³/mol. The van der Waals surface area contributed by atoms with Crippen LogP contribution >= 0.6 is 11.6 Å². The fraction of sp³-hybridized carbons (Fsp3) is 0.333. The van der Waals surface area contributed by atoms with Gasteiger partial charge in [0.05, 0.1) is 6.54 Å². The fourth-order valence-corrected chi connectivity index (χ4v) is 4.30. The van der Waals surface area contributed by atoms with Crippen molar-refractivity contribution in [1.29, 1.82) is 0 Å². The molecule has 1 aliphatic rings. The number of aryl methyl sites for hydroxylation is 1. The quantitative estimate of drug-likeness (QED) is 0.622. The molecule has 1 saturated carbocycles. The zero-order valence-corrected chi connectivity index (χ0v) is 17.3. The molecular weight excluding hydrogens is 384 g/mol. The Morgan fingerprint density at radius 1 is 1.07 bits per heavy atom. The molecule has 0 atom stereocenters. The lowest BCUT2D eigenvalue weighted by Crippen LogP contribution is -2.42. The Labute approximate surface area is 175 Å². The van der Waals surface area contributed by atoms with Gasteiger partial charge in [0.1, 0.15) is 0 Å². The molecule has 0 aliphatic heterocycles. The van der Waals surface area contributed by atoms with Crippen LogP contribution in [0.15, 0.2) is 53.3 Å². The Kier molecular flexibility index (Phi) is 5.72. The molecule has 29 heavy (non-hydrogen) atoms. The third-order valence-electron chi connectivity index (χ3n) is 5.79. The van der Waals surface area contributed by atoms with Crippen LogP contribution in [0.25, 0.3) is 10.9 Å². The van der Waals surface area contributed by atoms with Crippen molar-refractivity contribution in [3.63, 3.8) is 0 Å². The molecule has 0 bridgehead atoms. The number of nitrogens with zero attached hydrogens (tertiary/aromatic N) is 1. The zero-order chi connectivity index (χ0) is 20.4. The number of H-pyrrole nitrogens is 1. The highest BCUT2D eigenvalue weighted by molar-refractivity contribution is 6.30. The van der Waals surface area contributed by atoms with Gasteiger partial charge in [0, 0.05) is 27.7 Å². The van der Waals surface area contributed by atoms with E-state index in [0.29, 0.717) is 22.7 Å². The molecule has 1 aromatic heterocycles. The van der Waals surface area contributed by atoms with Gasteiger partial charge in [-0.05, 0) is 67.1 Å². The Hall–Kier alpha value is -2.59. The zero-order valence-electron chi connectivity index (χ0n) is 16.6. The lowest BCUT2D eigenvalue weighted by atomic mass is 9.93. The van der Waals surface area contributed by atoms with Gasteiger partial charge in [-0.15, -0.1) is 0 Å². The average molecular weight is 409 g/mol. The summed E-state index contributed by atoms with van der Waals surface area (Å²) in [7, 11) is 0. The number of carbonyl (C=O) groups excluding carboxylic acids is 1. The minimum atomic E-state index is -0.132. The molecule has 0 saturated heterocycles. The van der Waals surface area contributed by atoms with Crippen LogP contribution < -0.4 is 5.56 Å². The molecule has 3 aromatic rings. The second kappa shape index (κ2) is 8.42. The van der Waals surface area contributed by atoms with Crippen LogP contribution in [0.2, 0.25) is 5.02 Å². The molecule has 1 aliphatic carbocycles. The molecular formula is C24H25ClN2O2. The SMILES string of the molecule is Cc1ccc2cc(CN(C(=O)c3ccc(Cl)cc3)C3CCCCC3)c(=O)[nH]c2c1. The van der Waals surface area contributed by atoms with E-state index in [9.17, 15) is 9.59 Å². The van der Waals surface area contributed by atoms with Crippen LogP contribution in [0.1, 0.15) is 53.6 Å². The summed E-state index contributed by atoms with van der Waals surface area (Å²) in [6.07, 6.45) is 5.38. The van der Waals surface area contributed by atoms with Gasteiger partial charge in [0.25, 0.3) is 11.5 Å². The van der Waals surface area contributed by atoms with Gasteiger partial charge >= 0.3 is 0 Å². The molecule has 4 rings (SSSR count). The van der Waals surface area contributed by atoms with Crippen molar-refractivity contribution < 1.29 is 4.79 Å². The molecule has 0 spiro atoms. The monoisotopic (exact) mass is 408 g/mol. The van der Waals surface area contributed by atoms with E-state index in [1.807, 2.05) is 36.1 Å². The summed E-state index contributed by atoms with van der Waals surface area (Å²) >= 11 is 5.99. The van der Waals surface area contributed by atoms with Crippen molar-refractivity contribution in [2.45, 2.75) is 51.6 Å². The number of pyridine rings is 1. The van der Waals surface area contributed by atoms with Crippen molar-refractivity contribution in [3.05, 3.63) is 80.6 Å². The van der Waals surface area contributed by atoms with Crippen LogP contribution in [-0.2, 0) is 6.54 Å². The number of hydrogen-bond donors (Lipinski definition) is 1. The summed E-state index contributed by atoms with van der Waals surface area (Å²) in [6.45, 7) is 2.31. The molecule has 150 valence electrons. The normalized spacial score (nSPS) is 14.8. The number of rotatable bonds is 4. The van der Waals surface area contributed by atoms with Crippen molar-refractivity contribution in [3.8, 4) is 0 Å². The first-order valence-corrected chi connectivity index (χ1v) is 10.6. The second-order valence-electron chi connectivity index (χ2n) is 7.95. The minimum Gasteiger partial charge on any atom is -0.331 e.